The van der Waals surface area contributed by atoms with Gasteiger partial charge < -0.3 is 25.7 Å². The predicted octanol–water partition coefficient (Wildman–Crippen LogP) is 5.91. The van der Waals surface area contributed by atoms with Crippen LogP contribution in [0.1, 0.15) is 35.8 Å². The van der Waals surface area contributed by atoms with Gasteiger partial charge in [0.15, 0.2) is 0 Å². The van der Waals surface area contributed by atoms with Crippen LogP contribution < -0.4 is 21.1 Å². The lowest BCUT2D eigenvalue weighted by Crippen LogP contribution is -2.39. The van der Waals surface area contributed by atoms with Crippen molar-refractivity contribution in [1.82, 2.24) is 19.8 Å². The number of carbonyl (C=O) groups excluding carboxylic acids is 2. The van der Waals surface area contributed by atoms with Crippen LogP contribution in [0.3, 0.4) is 0 Å². The van der Waals surface area contributed by atoms with E-state index in [0.29, 0.717) is 35.5 Å². The zero-order valence-corrected chi connectivity index (χ0v) is 25.9. The summed E-state index contributed by atoms with van der Waals surface area (Å²) in [5.74, 6) is 0.582. The Balaban J connectivity index is 1.22. The highest BCUT2D eigenvalue weighted by molar-refractivity contribution is 7.18. The third-order valence-electron chi connectivity index (χ3n) is 8.43. The Morgan fingerprint density at radius 3 is 2.84 bits per heavy atom. The number of nitrogens with two attached hydrogens (primary N) is 1. The zero-order valence-electron chi connectivity index (χ0n) is 25.1. The van der Waals surface area contributed by atoms with E-state index in [1.807, 2.05) is 65.5 Å². The minimum atomic E-state index is -0.226. The topological polar surface area (TPSA) is 115 Å². The summed E-state index contributed by atoms with van der Waals surface area (Å²) < 4.78 is 8.51. The Morgan fingerprint density at radius 1 is 1.20 bits per heavy atom. The third-order valence-corrected chi connectivity index (χ3v) is 9.46. The molecule has 0 spiro atoms. The molecule has 1 aliphatic rings. The number of fused-ring (bicyclic) bond motifs is 2. The van der Waals surface area contributed by atoms with Gasteiger partial charge in [0.1, 0.15) is 17.3 Å². The van der Waals surface area contributed by atoms with Crippen LogP contribution in [0.2, 0.25) is 0 Å². The molecule has 0 radical (unpaired) electrons. The molecule has 1 fully saturated rings. The number of amides is 2. The molecule has 0 bridgehead atoms. The van der Waals surface area contributed by atoms with Crippen molar-refractivity contribution >= 4 is 61.7 Å². The molecule has 1 atom stereocenters. The maximum Gasteiger partial charge on any atom is 0.272 e. The van der Waals surface area contributed by atoms with Crippen LogP contribution in [-0.4, -0.2) is 59.1 Å². The first kappa shape index (κ1) is 29.4. The summed E-state index contributed by atoms with van der Waals surface area (Å²) in [6.07, 6.45) is 7.34. The minimum absolute atomic E-state index is 0.125. The molecule has 4 heterocycles. The number of pyridine rings is 1. The number of methoxy groups -OCH3 is 1. The molecule has 1 saturated heterocycles. The number of rotatable bonds is 9. The highest BCUT2D eigenvalue weighted by Crippen LogP contribution is 2.41. The van der Waals surface area contributed by atoms with E-state index in [2.05, 4.69) is 27.4 Å². The molecule has 226 valence electrons. The van der Waals surface area contributed by atoms with Crippen LogP contribution in [0, 0.1) is 0 Å². The monoisotopic (exact) mass is 608 g/mol. The van der Waals surface area contributed by atoms with Gasteiger partial charge in [-0.1, -0.05) is 31.2 Å². The van der Waals surface area contributed by atoms with Gasteiger partial charge in [-0.2, -0.15) is 0 Å². The SMILES string of the molecule is CCN1CCC[C@H]1CNC(=O)/C=C/c1cnc(N)c2c(-c3ccc(NC(=O)c4cc5ccccc5n4C)c(OC)c3)csc12. The average molecular weight is 609 g/mol. The van der Waals surface area contributed by atoms with Gasteiger partial charge in [-0.15, -0.1) is 11.3 Å². The first-order chi connectivity index (χ1) is 21.4. The molecule has 2 aromatic carbocycles. The first-order valence-corrected chi connectivity index (χ1v) is 15.7. The van der Waals surface area contributed by atoms with E-state index in [0.717, 1.165) is 57.2 Å². The van der Waals surface area contributed by atoms with E-state index in [4.69, 9.17) is 10.5 Å². The molecular weight excluding hydrogens is 572 g/mol. The van der Waals surface area contributed by atoms with Crippen LogP contribution >= 0.6 is 11.3 Å². The molecule has 2 amide bonds. The number of thiophene rings is 1. The quantitative estimate of drug-likeness (QED) is 0.179. The number of hydrogen-bond donors (Lipinski definition) is 3. The molecule has 6 rings (SSSR count). The van der Waals surface area contributed by atoms with E-state index in [-0.39, 0.29) is 11.8 Å². The highest BCUT2D eigenvalue weighted by Gasteiger charge is 2.23. The van der Waals surface area contributed by atoms with Gasteiger partial charge in [-0.25, -0.2) is 4.98 Å². The number of nitrogens with zero attached hydrogens (tertiary/aromatic N) is 3. The number of nitrogen functional groups attached to an aromatic ring is 1. The lowest BCUT2D eigenvalue weighted by molar-refractivity contribution is -0.116. The van der Waals surface area contributed by atoms with Crippen molar-refractivity contribution in [3.63, 3.8) is 0 Å². The normalized spacial score (nSPS) is 15.4. The summed E-state index contributed by atoms with van der Waals surface area (Å²) in [6.45, 7) is 4.90. The zero-order chi connectivity index (χ0) is 30.8. The maximum absolute atomic E-state index is 13.2. The summed E-state index contributed by atoms with van der Waals surface area (Å²) in [4.78, 5) is 32.7. The standard InChI is InChI=1S/C34H36N6O3S/c1-4-40-15-7-9-24(40)19-36-30(41)14-12-23-18-37-33(35)31-25(20-44-32(23)31)21-11-13-26(29(17-21)43-3)38-34(42)28-16-22-8-5-6-10-27(22)39(28)2/h5-6,8,10-14,16-18,20,24H,4,7,9,15,19H2,1-3H3,(H2,35,37)(H,36,41)(H,38,42)/b14-12+/t24-/m0/s1. The van der Waals surface area contributed by atoms with Crippen LogP contribution in [0.15, 0.2) is 66.2 Å². The van der Waals surface area contributed by atoms with Crippen molar-refractivity contribution in [3.8, 4) is 16.9 Å². The minimum Gasteiger partial charge on any atom is -0.495 e. The summed E-state index contributed by atoms with van der Waals surface area (Å²) in [6, 6.07) is 15.8. The molecule has 10 heteroatoms. The second kappa shape index (κ2) is 12.5. The fourth-order valence-corrected chi connectivity index (χ4v) is 7.14. The number of para-hydroxylation sites is 1. The Kier molecular flexibility index (Phi) is 8.36. The predicted molar refractivity (Wildman–Crippen MR) is 179 cm³/mol. The van der Waals surface area contributed by atoms with Gasteiger partial charge in [0.05, 0.1) is 12.8 Å². The van der Waals surface area contributed by atoms with Gasteiger partial charge in [-0.05, 0) is 67.2 Å². The van der Waals surface area contributed by atoms with Crippen LogP contribution in [-0.2, 0) is 11.8 Å². The summed E-state index contributed by atoms with van der Waals surface area (Å²) in [5.41, 5.74) is 11.1. The van der Waals surface area contributed by atoms with E-state index in [9.17, 15) is 9.59 Å². The Morgan fingerprint density at radius 2 is 2.05 bits per heavy atom. The number of likely N-dealkylation sites (N-methyl/N-ethyl adjacent to an activating group) is 1. The lowest BCUT2D eigenvalue weighted by Gasteiger charge is -2.22. The number of anilines is 2. The number of carbonyl (C=O) groups is 2. The van der Waals surface area contributed by atoms with E-state index in [1.54, 1.807) is 36.8 Å². The Hall–Kier alpha value is -4.67. The summed E-state index contributed by atoms with van der Waals surface area (Å²) >= 11 is 1.54. The number of aryl methyl sites for hydroxylation is 1. The van der Waals surface area contributed by atoms with Crippen molar-refractivity contribution in [1.29, 1.82) is 0 Å². The van der Waals surface area contributed by atoms with Gasteiger partial charge in [0, 0.05) is 64.0 Å². The van der Waals surface area contributed by atoms with E-state index >= 15 is 0 Å². The third kappa shape index (κ3) is 5.66. The molecule has 0 saturated carbocycles. The molecule has 3 aromatic heterocycles. The van der Waals surface area contributed by atoms with Crippen LogP contribution in [0.25, 0.3) is 38.2 Å². The average Bonchev–Trinajstić information content (AvgIpc) is 3.78. The van der Waals surface area contributed by atoms with Crippen molar-refractivity contribution < 1.29 is 14.3 Å². The second-order valence-corrected chi connectivity index (χ2v) is 11.9. The largest absolute Gasteiger partial charge is 0.495 e. The number of benzene rings is 2. The van der Waals surface area contributed by atoms with Crippen molar-refractivity contribution in [3.05, 3.63) is 77.4 Å². The van der Waals surface area contributed by atoms with Crippen molar-refractivity contribution in [2.45, 2.75) is 25.8 Å². The Labute approximate surface area is 260 Å². The smallest absolute Gasteiger partial charge is 0.272 e. The molecule has 1 aliphatic heterocycles. The molecule has 9 nitrogen and oxygen atoms in total. The van der Waals surface area contributed by atoms with Crippen LogP contribution in [0.4, 0.5) is 11.5 Å². The van der Waals surface area contributed by atoms with Crippen LogP contribution in [0.5, 0.6) is 5.75 Å². The van der Waals surface area contributed by atoms with E-state index < -0.39 is 0 Å². The number of aromatic nitrogens is 2. The Bertz CT molecular complexity index is 1890. The van der Waals surface area contributed by atoms with Gasteiger partial charge in [0.2, 0.25) is 5.91 Å². The lowest BCUT2D eigenvalue weighted by atomic mass is 10.0. The maximum atomic E-state index is 13.2. The van der Waals surface area contributed by atoms with Gasteiger partial charge in [0.25, 0.3) is 5.91 Å². The number of likely N-dealkylation sites (tertiary alicyclic amines) is 1. The number of ether oxygens (including phenoxy) is 1. The van der Waals surface area contributed by atoms with E-state index in [1.165, 1.54) is 6.42 Å². The second-order valence-electron chi connectivity index (χ2n) is 11.0. The van der Waals surface area contributed by atoms with Crippen molar-refractivity contribution in [2.24, 2.45) is 7.05 Å². The fourth-order valence-electron chi connectivity index (χ4n) is 6.06. The number of nitrogens with one attached hydrogen (secondary N) is 2. The van der Waals surface area contributed by atoms with Gasteiger partial charge >= 0.3 is 0 Å². The van der Waals surface area contributed by atoms with Gasteiger partial charge in [-0.3, -0.25) is 14.5 Å². The first-order valence-electron chi connectivity index (χ1n) is 14.8. The molecular formula is C34H36N6O3S. The molecule has 0 aliphatic carbocycles. The molecule has 0 unspecified atom stereocenters. The molecule has 5 aromatic rings. The molecule has 4 N–H and O–H groups in total. The summed E-state index contributed by atoms with van der Waals surface area (Å²) in [5, 5.41) is 9.89. The molecule has 44 heavy (non-hydrogen) atoms. The fraction of sp³-hybridized carbons (Fsp3) is 0.265. The summed E-state index contributed by atoms with van der Waals surface area (Å²) in [7, 11) is 3.46. The number of hydrogen-bond acceptors (Lipinski definition) is 7. The van der Waals surface area contributed by atoms with Crippen molar-refractivity contribution in [2.75, 3.05) is 37.8 Å². The highest BCUT2D eigenvalue weighted by atomic mass is 32.1.